The Kier molecular flexibility index (Phi) is 2.74. The first kappa shape index (κ1) is 11.1. The van der Waals surface area contributed by atoms with E-state index < -0.39 is 5.91 Å². The SMILES string of the molecule is Cc1ccc(-n2ccc(C(N)=O)n2)c(C=O)c1. The molecule has 0 radical (unpaired) electrons. The summed E-state index contributed by atoms with van der Waals surface area (Å²) in [6.07, 6.45) is 2.35. The Labute approximate surface area is 97.9 Å². The van der Waals surface area contributed by atoms with Crippen molar-refractivity contribution in [2.45, 2.75) is 6.92 Å². The number of benzene rings is 1. The third kappa shape index (κ3) is 2.08. The van der Waals surface area contributed by atoms with Crippen LogP contribution in [0.3, 0.4) is 0 Å². The highest BCUT2D eigenvalue weighted by Crippen LogP contribution is 2.14. The number of amides is 1. The van der Waals surface area contributed by atoms with Gasteiger partial charge in [0.15, 0.2) is 6.29 Å². The van der Waals surface area contributed by atoms with Gasteiger partial charge in [-0.15, -0.1) is 0 Å². The molecule has 2 rings (SSSR count). The fourth-order valence-electron chi connectivity index (χ4n) is 1.57. The van der Waals surface area contributed by atoms with E-state index in [4.69, 9.17) is 5.73 Å². The third-order valence-electron chi connectivity index (χ3n) is 2.40. The van der Waals surface area contributed by atoms with Gasteiger partial charge in [-0.05, 0) is 25.1 Å². The zero-order valence-corrected chi connectivity index (χ0v) is 9.25. The quantitative estimate of drug-likeness (QED) is 0.800. The molecule has 0 fully saturated rings. The molecule has 1 heterocycles. The lowest BCUT2D eigenvalue weighted by molar-refractivity contribution is 0.0995. The van der Waals surface area contributed by atoms with E-state index in [2.05, 4.69) is 5.10 Å². The first-order valence-corrected chi connectivity index (χ1v) is 5.03. The summed E-state index contributed by atoms with van der Waals surface area (Å²) < 4.78 is 1.46. The van der Waals surface area contributed by atoms with Gasteiger partial charge in [0.05, 0.1) is 5.69 Å². The molecule has 0 bridgehead atoms. The van der Waals surface area contributed by atoms with E-state index in [9.17, 15) is 9.59 Å². The van der Waals surface area contributed by atoms with Crippen LogP contribution in [-0.2, 0) is 0 Å². The van der Waals surface area contributed by atoms with Crippen LogP contribution in [0, 0.1) is 6.92 Å². The van der Waals surface area contributed by atoms with Crippen LogP contribution in [0.4, 0.5) is 0 Å². The molecule has 0 atom stereocenters. The number of hydrogen-bond acceptors (Lipinski definition) is 3. The second-order valence-electron chi connectivity index (χ2n) is 3.69. The van der Waals surface area contributed by atoms with Crippen LogP contribution in [0.2, 0.25) is 0 Å². The van der Waals surface area contributed by atoms with Crippen molar-refractivity contribution in [1.82, 2.24) is 9.78 Å². The average molecular weight is 229 g/mol. The molecule has 2 aromatic rings. The molecule has 1 amide bonds. The number of hydrogen-bond donors (Lipinski definition) is 1. The maximum absolute atomic E-state index is 11.0. The zero-order chi connectivity index (χ0) is 12.4. The fourth-order valence-corrected chi connectivity index (χ4v) is 1.57. The fraction of sp³-hybridized carbons (Fsp3) is 0.0833. The molecule has 0 aliphatic carbocycles. The van der Waals surface area contributed by atoms with Gasteiger partial charge in [0.2, 0.25) is 0 Å². The molecule has 5 heteroatoms. The van der Waals surface area contributed by atoms with Crippen molar-refractivity contribution in [2.24, 2.45) is 5.73 Å². The van der Waals surface area contributed by atoms with Crippen molar-refractivity contribution >= 4 is 12.2 Å². The number of aryl methyl sites for hydroxylation is 1. The van der Waals surface area contributed by atoms with Gasteiger partial charge in [0.25, 0.3) is 5.91 Å². The van der Waals surface area contributed by atoms with Gasteiger partial charge in [0, 0.05) is 11.8 Å². The molecule has 0 aliphatic heterocycles. The highest BCUT2D eigenvalue weighted by Gasteiger charge is 2.09. The number of rotatable bonds is 3. The Morgan fingerprint density at radius 3 is 2.76 bits per heavy atom. The maximum Gasteiger partial charge on any atom is 0.269 e. The molecule has 0 unspecified atom stereocenters. The predicted octanol–water partition coefficient (Wildman–Crippen LogP) is 1.09. The molecule has 5 nitrogen and oxygen atoms in total. The summed E-state index contributed by atoms with van der Waals surface area (Å²) in [5.74, 6) is -0.594. The molecular weight excluding hydrogens is 218 g/mol. The topological polar surface area (TPSA) is 78.0 Å². The van der Waals surface area contributed by atoms with Gasteiger partial charge in [-0.1, -0.05) is 11.6 Å². The number of nitrogens with zero attached hydrogens (tertiary/aromatic N) is 2. The Bertz CT molecular complexity index is 587. The lowest BCUT2D eigenvalue weighted by atomic mass is 10.1. The van der Waals surface area contributed by atoms with E-state index >= 15 is 0 Å². The van der Waals surface area contributed by atoms with Gasteiger partial charge in [-0.3, -0.25) is 9.59 Å². The summed E-state index contributed by atoms with van der Waals surface area (Å²) in [4.78, 5) is 21.9. The monoisotopic (exact) mass is 229 g/mol. The maximum atomic E-state index is 11.0. The smallest absolute Gasteiger partial charge is 0.269 e. The largest absolute Gasteiger partial charge is 0.364 e. The zero-order valence-electron chi connectivity index (χ0n) is 9.25. The Morgan fingerprint density at radius 1 is 1.41 bits per heavy atom. The lowest BCUT2D eigenvalue weighted by Gasteiger charge is -2.05. The van der Waals surface area contributed by atoms with Crippen molar-refractivity contribution < 1.29 is 9.59 Å². The van der Waals surface area contributed by atoms with Crippen LogP contribution in [-0.4, -0.2) is 22.0 Å². The lowest BCUT2D eigenvalue weighted by Crippen LogP contribution is -2.12. The highest BCUT2D eigenvalue weighted by molar-refractivity contribution is 5.90. The van der Waals surface area contributed by atoms with Crippen molar-refractivity contribution in [1.29, 1.82) is 0 Å². The first-order valence-electron chi connectivity index (χ1n) is 5.03. The highest BCUT2D eigenvalue weighted by atomic mass is 16.1. The van der Waals surface area contributed by atoms with Crippen molar-refractivity contribution in [3.63, 3.8) is 0 Å². The van der Waals surface area contributed by atoms with Gasteiger partial charge in [-0.2, -0.15) is 5.10 Å². The summed E-state index contributed by atoms with van der Waals surface area (Å²) in [7, 11) is 0. The normalized spacial score (nSPS) is 10.2. The summed E-state index contributed by atoms with van der Waals surface area (Å²) in [5.41, 5.74) is 7.41. The van der Waals surface area contributed by atoms with Gasteiger partial charge < -0.3 is 5.73 Å². The van der Waals surface area contributed by atoms with E-state index in [1.54, 1.807) is 18.3 Å². The van der Waals surface area contributed by atoms with Crippen LogP contribution in [0.5, 0.6) is 0 Å². The molecule has 1 aromatic carbocycles. The van der Waals surface area contributed by atoms with Gasteiger partial charge >= 0.3 is 0 Å². The van der Waals surface area contributed by atoms with Crippen LogP contribution >= 0.6 is 0 Å². The second kappa shape index (κ2) is 4.21. The number of carbonyl (C=O) groups excluding carboxylic acids is 2. The van der Waals surface area contributed by atoms with Crippen molar-refractivity contribution in [3.8, 4) is 5.69 Å². The number of aldehydes is 1. The van der Waals surface area contributed by atoms with Crippen LogP contribution in [0.25, 0.3) is 5.69 Å². The minimum atomic E-state index is -0.594. The summed E-state index contributed by atoms with van der Waals surface area (Å²) >= 11 is 0. The number of aromatic nitrogens is 2. The summed E-state index contributed by atoms with van der Waals surface area (Å²) in [6, 6.07) is 6.91. The standard InChI is InChI=1S/C12H11N3O2/c1-8-2-3-11(9(6-8)7-16)15-5-4-10(14-15)12(13)17/h2-7H,1H3,(H2,13,17). The summed E-state index contributed by atoms with van der Waals surface area (Å²) in [5, 5.41) is 4.00. The van der Waals surface area contributed by atoms with Gasteiger partial charge in [0.1, 0.15) is 5.69 Å². The molecule has 0 spiro atoms. The number of carbonyl (C=O) groups is 2. The molecule has 17 heavy (non-hydrogen) atoms. The molecular formula is C12H11N3O2. The Hall–Kier alpha value is -2.43. The van der Waals surface area contributed by atoms with Crippen molar-refractivity contribution in [2.75, 3.05) is 0 Å². The van der Waals surface area contributed by atoms with Crippen molar-refractivity contribution in [3.05, 3.63) is 47.3 Å². The second-order valence-corrected chi connectivity index (χ2v) is 3.69. The Morgan fingerprint density at radius 2 is 2.18 bits per heavy atom. The van der Waals surface area contributed by atoms with Crippen LogP contribution < -0.4 is 5.73 Å². The average Bonchev–Trinajstić information content (AvgIpc) is 2.78. The van der Waals surface area contributed by atoms with E-state index in [1.165, 1.54) is 10.7 Å². The first-order chi connectivity index (χ1) is 8.11. The van der Waals surface area contributed by atoms with E-state index in [0.29, 0.717) is 11.3 Å². The molecule has 0 saturated heterocycles. The molecule has 1 aromatic heterocycles. The third-order valence-corrected chi connectivity index (χ3v) is 2.40. The van der Waals surface area contributed by atoms with E-state index in [1.807, 2.05) is 13.0 Å². The van der Waals surface area contributed by atoms with Crippen LogP contribution in [0.1, 0.15) is 26.4 Å². The van der Waals surface area contributed by atoms with Gasteiger partial charge in [-0.25, -0.2) is 4.68 Å². The molecule has 2 N–H and O–H groups in total. The molecule has 0 aliphatic rings. The number of nitrogens with two attached hydrogens (primary N) is 1. The number of primary amides is 1. The minimum Gasteiger partial charge on any atom is -0.364 e. The van der Waals surface area contributed by atoms with E-state index in [-0.39, 0.29) is 5.69 Å². The predicted molar refractivity (Wildman–Crippen MR) is 62.2 cm³/mol. The molecule has 0 saturated carbocycles. The summed E-state index contributed by atoms with van der Waals surface area (Å²) in [6.45, 7) is 1.90. The minimum absolute atomic E-state index is 0.169. The van der Waals surface area contributed by atoms with E-state index in [0.717, 1.165) is 11.8 Å². The Balaban J connectivity index is 2.52. The molecule has 86 valence electrons. The van der Waals surface area contributed by atoms with Crippen LogP contribution in [0.15, 0.2) is 30.5 Å².